The van der Waals surface area contributed by atoms with Crippen LogP contribution in [0, 0.1) is 5.92 Å². The number of hydrogen-bond donors (Lipinski definition) is 1. The van der Waals surface area contributed by atoms with E-state index in [2.05, 4.69) is 10.5 Å². The Labute approximate surface area is 117 Å². The average Bonchev–Trinajstić information content (AvgIpc) is 3.17. The highest BCUT2D eigenvalue weighted by molar-refractivity contribution is 5.78. The van der Waals surface area contributed by atoms with Crippen LogP contribution in [0.3, 0.4) is 0 Å². The van der Waals surface area contributed by atoms with Crippen LogP contribution < -0.4 is 5.48 Å². The zero-order valence-electron chi connectivity index (χ0n) is 11.2. The van der Waals surface area contributed by atoms with Gasteiger partial charge in [-0.15, -0.1) is 0 Å². The second kappa shape index (κ2) is 6.30. The van der Waals surface area contributed by atoms with Gasteiger partial charge in [0.2, 0.25) is 5.91 Å². The van der Waals surface area contributed by atoms with Crippen molar-refractivity contribution in [3.63, 3.8) is 0 Å². The number of hydrogen-bond acceptors (Lipinski definition) is 5. The Hall–Kier alpha value is -1.50. The lowest BCUT2D eigenvalue weighted by Gasteiger charge is -2.19. The summed E-state index contributed by atoms with van der Waals surface area (Å²) < 4.78 is 10.9. The predicted molar refractivity (Wildman–Crippen MR) is 69.5 cm³/mol. The van der Waals surface area contributed by atoms with Gasteiger partial charge < -0.3 is 9.47 Å². The maximum Gasteiger partial charge on any atom is 0.249 e. The zero-order valence-corrected chi connectivity index (χ0v) is 11.2. The predicted octanol–water partition coefficient (Wildman–Crippen LogP) is 0.996. The van der Waals surface area contributed by atoms with Crippen LogP contribution in [0.15, 0.2) is 24.5 Å². The normalized spacial score (nSPS) is 29.5. The maximum absolute atomic E-state index is 12.2. The molecule has 0 radical (unpaired) electrons. The van der Waals surface area contributed by atoms with Crippen LogP contribution in [0.5, 0.6) is 0 Å². The van der Waals surface area contributed by atoms with E-state index >= 15 is 0 Å². The number of amides is 1. The molecule has 2 saturated heterocycles. The number of nitrogens with zero attached hydrogens (tertiary/aromatic N) is 1. The smallest absolute Gasteiger partial charge is 0.249 e. The Kier molecular flexibility index (Phi) is 4.25. The van der Waals surface area contributed by atoms with Crippen LogP contribution in [-0.4, -0.2) is 36.8 Å². The van der Waals surface area contributed by atoms with Crippen LogP contribution in [0.4, 0.5) is 0 Å². The van der Waals surface area contributed by atoms with Gasteiger partial charge in [0.15, 0.2) is 0 Å². The Bertz CT molecular complexity index is 448. The molecule has 3 atom stereocenters. The molecule has 1 N–H and O–H groups in total. The molecule has 0 aliphatic carbocycles. The molecule has 6 heteroatoms. The fourth-order valence-corrected chi connectivity index (χ4v) is 2.55. The van der Waals surface area contributed by atoms with Gasteiger partial charge in [-0.2, -0.15) is 0 Å². The summed E-state index contributed by atoms with van der Waals surface area (Å²) >= 11 is 0. The molecule has 108 valence electrons. The first-order chi connectivity index (χ1) is 9.84. The summed E-state index contributed by atoms with van der Waals surface area (Å²) in [7, 11) is 0. The monoisotopic (exact) mass is 278 g/mol. The van der Waals surface area contributed by atoms with Crippen LogP contribution >= 0.6 is 0 Å². The van der Waals surface area contributed by atoms with Gasteiger partial charge in [0.25, 0.3) is 0 Å². The van der Waals surface area contributed by atoms with E-state index in [1.165, 1.54) is 0 Å². The number of carbonyl (C=O) groups excluding carboxylic acids is 1. The van der Waals surface area contributed by atoms with Gasteiger partial charge in [0, 0.05) is 32.0 Å². The Morgan fingerprint density at radius 1 is 1.40 bits per heavy atom. The zero-order chi connectivity index (χ0) is 13.8. The number of carbonyl (C=O) groups is 1. The average molecular weight is 278 g/mol. The second-order valence-electron chi connectivity index (χ2n) is 5.04. The molecule has 1 aromatic heterocycles. The number of ether oxygens (including phenoxy) is 2. The fourth-order valence-electron chi connectivity index (χ4n) is 2.55. The molecule has 1 unspecified atom stereocenters. The lowest BCUT2D eigenvalue weighted by atomic mass is 9.96. The topological polar surface area (TPSA) is 69.7 Å². The molecule has 0 spiro atoms. The van der Waals surface area contributed by atoms with Gasteiger partial charge in [-0.05, 0) is 18.1 Å². The van der Waals surface area contributed by atoms with Crippen molar-refractivity contribution in [3.8, 4) is 0 Å². The van der Waals surface area contributed by atoms with Gasteiger partial charge in [-0.3, -0.25) is 14.6 Å². The molecule has 3 rings (SSSR count). The molecule has 0 bridgehead atoms. The summed E-state index contributed by atoms with van der Waals surface area (Å²) in [6.45, 7) is 1.79. The molecule has 0 aromatic carbocycles. The summed E-state index contributed by atoms with van der Waals surface area (Å²) in [5.74, 6) is -0.371. The SMILES string of the molecule is O=C(NOC1CCOC1)[C@@H]1CCO[C@H]1c1cccnc1. The Balaban J connectivity index is 1.58. The van der Waals surface area contributed by atoms with Crippen molar-refractivity contribution >= 4 is 5.91 Å². The molecule has 2 fully saturated rings. The first-order valence-electron chi connectivity index (χ1n) is 6.89. The van der Waals surface area contributed by atoms with Crippen molar-refractivity contribution in [1.29, 1.82) is 0 Å². The third kappa shape index (κ3) is 2.98. The minimum absolute atomic E-state index is 0.0434. The third-order valence-corrected chi connectivity index (χ3v) is 3.66. The largest absolute Gasteiger partial charge is 0.379 e. The van der Waals surface area contributed by atoms with Crippen molar-refractivity contribution in [2.75, 3.05) is 19.8 Å². The highest BCUT2D eigenvalue weighted by Gasteiger charge is 2.36. The Morgan fingerprint density at radius 2 is 2.35 bits per heavy atom. The molecule has 2 aliphatic heterocycles. The van der Waals surface area contributed by atoms with E-state index < -0.39 is 0 Å². The molecule has 0 saturated carbocycles. The summed E-state index contributed by atoms with van der Waals surface area (Å²) in [4.78, 5) is 21.6. The minimum atomic E-state index is -0.243. The lowest BCUT2D eigenvalue weighted by Crippen LogP contribution is -2.35. The molecule has 1 amide bonds. The highest BCUT2D eigenvalue weighted by Crippen LogP contribution is 2.34. The van der Waals surface area contributed by atoms with E-state index in [1.54, 1.807) is 12.4 Å². The summed E-state index contributed by atoms with van der Waals surface area (Å²) in [6, 6.07) is 3.77. The molecule has 3 heterocycles. The summed E-state index contributed by atoms with van der Waals surface area (Å²) in [5.41, 5.74) is 3.47. The van der Waals surface area contributed by atoms with Crippen LogP contribution in [0.25, 0.3) is 0 Å². The molecule has 6 nitrogen and oxygen atoms in total. The summed E-state index contributed by atoms with van der Waals surface area (Å²) in [5, 5.41) is 0. The lowest BCUT2D eigenvalue weighted by molar-refractivity contribution is -0.144. The van der Waals surface area contributed by atoms with Crippen molar-refractivity contribution in [3.05, 3.63) is 30.1 Å². The van der Waals surface area contributed by atoms with E-state index in [1.807, 2.05) is 12.1 Å². The van der Waals surface area contributed by atoms with Crippen molar-refractivity contribution in [2.45, 2.75) is 25.0 Å². The number of rotatable bonds is 4. The quantitative estimate of drug-likeness (QED) is 0.832. The summed E-state index contributed by atoms with van der Waals surface area (Å²) in [6.07, 6.45) is 4.66. The van der Waals surface area contributed by atoms with Crippen LogP contribution in [-0.2, 0) is 19.1 Å². The molecule has 2 aliphatic rings. The van der Waals surface area contributed by atoms with E-state index in [0.29, 0.717) is 26.2 Å². The van der Waals surface area contributed by atoms with Gasteiger partial charge in [0.05, 0.1) is 18.6 Å². The van der Waals surface area contributed by atoms with Crippen LogP contribution in [0.2, 0.25) is 0 Å². The van der Waals surface area contributed by atoms with E-state index in [4.69, 9.17) is 14.3 Å². The number of aromatic nitrogens is 1. The van der Waals surface area contributed by atoms with Gasteiger partial charge in [0.1, 0.15) is 6.10 Å². The first-order valence-corrected chi connectivity index (χ1v) is 6.89. The second-order valence-corrected chi connectivity index (χ2v) is 5.04. The van der Waals surface area contributed by atoms with Gasteiger partial charge in [-0.25, -0.2) is 5.48 Å². The standard InChI is InChI=1S/C14H18N2O4/c17-14(16-20-11-3-6-18-9-11)12-4-7-19-13(12)10-2-1-5-15-8-10/h1-2,5,8,11-13H,3-4,6-7,9H2,(H,16,17)/t11?,12-,13+/m1/s1. The molecular weight excluding hydrogens is 260 g/mol. The minimum Gasteiger partial charge on any atom is -0.379 e. The van der Waals surface area contributed by atoms with Crippen molar-refractivity contribution < 1.29 is 19.1 Å². The van der Waals surface area contributed by atoms with E-state index in [9.17, 15) is 4.79 Å². The number of nitrogens with one attached hydrogen (secondary N) is 1. The molecule has 20 heavy (non-hydrogen) atoms. The highest BCUT2D eigenvalue weighted by atomic mass is 16.7. The van der Waals surface area contributed by atoms with E-state index in [0.717, 1.165) is 12.0 Å². The first kappa shape index (κ1) is 13.5. The van der Waals surface area contributed by atoms with E-state index in [-0.39, 0.29) is 24.0 Å². The Morgan fingerprint density at radius 3 is 3.10 bits per heavy atom. The van der Waals surface area contributed by atoms with Gasteiger partial charge >= 0.3 is 0 Å². The van der Waals surface area contributed by atoms with Gasteiger partial charge in [-0.1, -0.05) is 6.07 Å². The van der Waals surface area contributed by atoms with Crippen molar-refractivity contribution in [1.82, 2.24) is 10.5 Å². The molecular formula is C14H18N2O4. The maximum atomic E-state index is 12.2. The number of pyridine rings is 1. The fraction of sp³-hybridized carbons (Fsp3) is 0.571. The van der Waals surface area contributed by atoms with Crippen molar-refractivity contribution in [2.24, 2.45) is 5.92 Å². The van der Waals surface area contributed by atoms with Crippen LogP contribution in [0.1, 0.15) is 24.5 Å². The molecule has 1 aromatic rings. The number of hydroxylamine groups is 1. The third-order valence-electron chi connectivity index (χ3n) is 3.66.